The minimum atomic E-state index is 0.0735. The fourth-order valence-electron chi connectivity index (χ4n) is 1.53. The second-order valence-corrected chi connectivity index (χ2v) is 3.56. The summed E-state index contributed by atoms with van der Waals surface area (Å²) in [7, 11) is 0. The molecule has 0 aliphatic carbocycles. The Balaban J connectivity index is 2.53. The zero-order valence-electron chi connectivity index (χ0n) is 7.87. The van der Waals surface area contributed by atoms with Gasteiger partial charge in [-0.25, -0.2) is 4.98 Å². The summed E-state index contributed by atoms with van der Waals surface area (Å²) < 4.78 is 1.70. The lowest BCUT2D eigenvalue weighted by Gasteiger charge is -2.24. The number of fused-ring (bicyclic) bond motifs is 1. The van der Waals surface area contributed by atoms with Crippen LogP contribution >= 0.6 is 0 Å². The van der Waals surface area contributed by atoms with Crippen molar-refractivity contribution in [1.29, 1.82) is 0 Å². The molecule has 1 N–H and O–H groups in total. The van der Waals surface area contributed by atoms with Gasteiger partial charge in [0.25, 0.3) is 5.56 Å². The predicted molar refractivity (Wildman–Crippen MR) is 50.9 cm³/mol. The second kappa shape index (κ2) is 2.87. The van der Waals surface area contributed by atoms with E-state index in [-0.39, 0.29) is 5.56 Å². The summed E-state index contributed by atoms with van der Waals surface area (Å²) in [5, 5.41) is 3.18. The van der Waals surface area contributed by atoms with E-state index in [1.165, 1.54) is 0 Å². The van der Waals surface area contributed by atoms with E-state index in [4.69, 9.17) is 0 Å². The highest BCUT2D eigenvalue weighted by Gasteiger charge is 2.15. The van der Waals surface area contributed by atoms with Gasteiger partial charge >= 0.3 is 0 Å². The lowest BCUT2D eigenvalue weighted by Crippen LogP contribution is -2.35. The molecule has 1 atom stereocenters. The van der Waals surface area contributed by atoms with Crippen LogP contribution in [0.15, 0.2) is 11.0 Å². The van der Waals surface area contributed by atoms with Gasteiger partial charge in [-0.3, -0.25) is 9.36 Å². The summed E-state index contributed by atoms with van der Waals surface area (Å²) in [6.45, 7) is 4.66. The van der Waals surface area contributed by atoms with Gasteiger partial charge < -0.3 is 5.32 Å². The molecule has 0 fully saturated rings. The molecule has 1 aliphatic heterocycles. The first-order valence-corrected chi connectivity index (χ1v) is 4.51. The Morgan fingerprint density at radius 3 is 3.23 bits per heavy atom. The Labute approximate surface area is 76.6 Å². The van der Waals surface area contributed by atoms with Crippen molar-refractivity contribution >= 4 is 5.95 Å². The molecule has 2 heterocycles. The first-order chi connectivity index (χ1) is 6.18. The quantitative estimate of drug-likeness (QED) is 0.639. The van der Waals surface area contributed by atoms with Crippen molar-refractivity contribution in [3.8, 4) is 0 Å². The number of aromatic nitrogens is 2. The SMILES string of the molecule is Cc1cnc2n(c1=O)CCC(C)N2. The molecule has 1 unspecified atom stereocenters. The molecule has 0 amide bonds. The number of hydrogen-bond acceptors (Lipinski definition) is 3. The third kappa shape index (κ3) is 1.32. The Morgan fingerprint density at radius 2 is 2.46 bits per heavy atom. The maximum Gasteiger partial charge on any atom is 0.257 e. The molecule has 0 aromatic carbocycles. The van der Waals surface area contributed by atoms with Crippen LogP contribution in [0.5, 0.6) is 0 Å². The number of rotatable bonds is 0. The molecule has 70 valence electrons. The van der Waals surface area contributed by atoms with E-state index in [9.17, 15) is 4.79 Å². The summed E-state index contributed by atoms with van der Waals surface area (Å²) in [5.41, 5.74) is 0.782. The van der Waals surface area contributed by atoms with E-state index in [0.29, 0.717) is 17.6 Å². The first kappa shape index (κ1) is 8.29. The zero-order valence-corrected chi connectivity index (χ0v) is 7.87. The maximum absolute atomic E-state index is 11.6. The van der Waals surface area contributed by atoms with Crippen molar-refractivity contribution in [3.05, 3.63) is 22.1 Å². The van der Waals surface area contributed by atoms with Crippen molar-refractivity contribution in [2.45, 2.75) is 32.9 Å². The van der Waals surface area contributed by atoms with Crippen LogP contribution in [0.4, 0.5) is 5.95 Å². The van der Waals surface area contributed by atoms with Crippen LogP contribution in [-0.4, -0.2) is 15.6 Å². The van der Waals surface area contributed by atoms with E-state index in [1.54, 1.807) is 17.7 Å². The van der Waals surface area contributed by atoms with E-state index in [0.717, 1.165) is 13.0 Å². The topological polar surface area (TPSA) is 46.9 Å². The third-order valence-corrected chi connectivity index (χ3v) is 2.38. The molecular weight excluding hydrogens is 166 g/mol. The van der Waals surface area contributed by atoms with Gasteiger partial charge in [0.2, 0.25) is 5.95 Å². The summed E-state index contributed by atoms with van der Waals surface area (Å²) in [6, 6.07) is 0.412. The summed E-state index contributed by atoms with van der Waals surface area (Å²) >= 11 is 0. The van der Waals surface area contributed by atoms with Crippen molar-refractivity contribution in [2.75, 3.05) is 5.32 Å². The highest BCUT2D eigenvalue weighted by atomic mass is 16.1. The van der Waals surface area contributed by atoms with Crippen molar-refractivity contribution < 1.29 is 0 Å². The van der Waals surface area contributed by atoms with E-state index >= 15 is 0 Å². The lowest BCUT2D eigenvalue weighted by molar-refractivity contribution is 0.528. The van der Waals surface area contributed by atoms with Crippen LogP contribution in [0.1, 0.15) is 18.9 Å². The van der Waals surface area contributed by atoms with Crippen LogP contribution < -0.4 is 10.9 Å². The van der Waals surface area contributed by atoms with Gasteiger partial charge in [0, 0.05) is 24.3 Å². The second-order valence-electron chi connectivity index (χ2n) is 3.56. The average molecular weight is 179 g/mol. The van der Waals surface area contributed by atoms with Crippen molar-refractivity contribution in [1.82, 2.24) is 9.55 Å². The monoisotopic (exact) mass is 179 g/mol. The molecule has 0 bridgehead atoms. The molecule has 0 radical (unpaired) electrons. The standard InChI is InChI=1S/C9H13N3O/c1-6-5-10-9-11-7(2)3-4-12(9)8(6)13/h5,7H,3-4H2,1-2H3,(H,10,11). The lowest BCUT2D eigenvalue weighted by atomic mass is 10.2. The normalized spacial score (nSPS) is 20.6. The fraction of sp³-hybridized carbons (Fsp3) is 0.556. The molecule has 0 saturated carbocycles. The molecule has 4 nitrogen and oxygen atoms in total. The molecule has 4 heteroatoms. The number of nitrogens with one attached hydrogen (secondary N) is 1. The number of nitrogens with zero attached hydrogens (tertiary/aromatic N) is 2. The molecule has 1 aliphatic rings. The van der Waals surface area contributed by atoms with E-state index < -0.39 is 0 Å². The highest BCUT2D eigenvalue weighted by molar-refractivity contribution is 5.30. The van der Waals surface area contributed by atoms with Crippen LogP contribution in [0.3, 0.4) is 0 Å². The fourth-order valence-corrected chi connectivity index (χ4v) is 1.53. The molecular formula is C9H13N3O. The summed E-state index contributed by atoms with van der Waals surface area (Å²) in [5.74, 6) is 0.703. The molecule has 1 aromatic rings. The third-order valence-electron chi connectivity index (χ3n) is 2.38. The Bertz CT molecular complexity index is 383. The van der Waals surface area contributed by atoms with Gasteiger partial charge in [0.15, 0.2) is 0 Å². The van der Waals surface area contributed by atoms with E-state index in [2.05, 4.69) is 17.2 Å². The van der Waals surface area contributed by atoms with Crippen LogP contribution in [0.25, 0.3) is 0 Å². The van der Waals surface area contributed by atoms with Gasteiger partial charge in [-0.1, -0.05) is 0 Å². The van der Waals surface area contributed by atoms with Gasteiger partial charge in [-0.15, -0.1) is 0 Å². The smallest absolute Gasteiger partial charge is 0.257 e. The minimum absolute atomic E-state index is 0.0735. The summed E-state index contributed by atoms with van der Waals surface area (Å²) in [6.07, 6.45) is 2.61. The molecule has 0 saturated heterocycles. The van der Waals surface area contributed by atoms with Crippen LogP contribution in [0, 0.1) is 6.92 Å². The van der Waals surface area contributed by atoms with Gasteiger partial charge in [-0.05, 0) is 20.3 Å². The van der Waals surface area contributed by atoms with Gasteiger partial charge in [-0.2, -0.15) is 0 Å². The molecule has 13 heavy (non-hydrogen) atoms. The van der Waals surface area contributed by atoms with Crippen LogP contribution in [0.2, 0.25) is 0 Å². The highest BCUT2D eigenvalue weighted by Crippen LogP contribution is 2.12. The Kier molecular flexibility index (Phi) is 1.83. The summed E-state index contributed by atoms with van der Waals surface area (Å²) in [4.78, 5) is 15.8. The number of aryl methyl sites for hydroxylation is 1. The maximum atomic E-state index is 11.6. The van der Waals surface area contributed by atoms with Crippen molar-refractivity contribution in [3.63, 3.8) is 0 Å². The van der Waals surface area contributed by atoms with Crippen LogP contribution in [-0.2, 0) is 6.54 Å². The number of anilines is 1. The zero-order chi connectivity index (χ0) is 9.42. The van der Waals surface area contributed by atoms with Crippen molar-refractivity contribution in [2.24, 2.45) is 0 Å². The Morgan fingerprint density at radius 1 is 1.69 bits per heavy atom. The molecule has 2 rings (SSSR count). The first-order valence-electron chi connectivity index (χ1n) is 4.51. The predicted octanol–water partition coefficient (Wildman–Crippen LogP) is 0.756. The molecule has 1 aromatic heterocycles. The largest absolute Gasteiger partial charge is 0.353 e. The van der Waals surface area contributed by atoms with Gasteiger partial charge in [0.05, 0.1) is 0 Å². The minimum Gasteiger partial charge on any atom is -0.353 e. The van der Waals surface area contributed by atoms with Gasteiger partial charge in [0.1, 0.15) is 0 Å². The van der Waals surface area contributed by atoms with E-state index in [1.807, 2.05) is 0 Å². The average Bonchev–Trinajstić information content (AvgIpc) is 2.12. The number of hydrogen-bond donors (Lipinski definition) is 1. The molecule has 0 spiro atoms. The Hall–Kier alpha value is -1.32.